The van der Waals surface area contributed by atoms with E-state index in [4.69, 9.17) is 0 Å². The summed E-state index contributed by atoms with van der Waals surface area (Å²) in [4.78, 5) is 3.31. The summed E-state index contributed by atoms with van der Waals surface area (Å²) < 4.78 is 1.70. The average Bonchev–Trinajstić information content (AvgIpc) is 3.14. The lowest BCUT2D eigenvalue weighted by molar-refractivity contribution is 0.891. The Balaban J connectivity index is 1.54. The molecule has 1 aromatic carbocycles. The molecular weight excluding hydrogens is 276 g/mol. The first-order chi connectivity index (χ1) is 10.8. The Labute approximate surface area is 127 Å². The first-order valence-corrected chi connectivity index (χ1v) is 7.28. The molecule has 0 aliphatic heterocycles. The molecule has 0 atom stereocenters. The number of aryl methyl sites for hydroxylation is 1. The highest BCUT2D eigenvalue weighted by atomic mass is 15.3. The fraction of sp³-hybridized carbons (Fsp3) is 0.188. The zero-order valence-corrected chi connectivity index (χ0v) is 12.2. The number of nitrogens with one attached hydrogen (secondary N) is 2. The molecule has 0 bridgehead atoms. The number of rotatable bonds is 4. The number of fused-ring (bicyclic) bond motifs is 2. The molecule has 3 aromatic heterocycles. The summed E-state index contributed by atoms with van der Waals surface area (Å²) in [6.45, 7) is 2.79. The van der Waals surface area contributed by atoms with E-state index >= 15 is 0 Å². The van der Waals surface area contributed by atoms with Crippen molar-refractivity contribution < 1.29 is 0 Å². The molecule has 6 nitrogen and oxygen atoms in total. The van der Waals surface area contributed by atoms with Gasteiger partial charge in [0.2, 0.25) is 5.65 Å². The van der Waals surface area contributed by atoms with Crippen molar-refractivity contribution in [1.82, 2.24) is 24.8 Å². The van der Waals surface area contributed by atoms with Crippen LogP contribution in [0.5, 0.6) is 0 Å². The Morgan fingerprint density at radius 3 is 3.14 bits per heavy atom. The third-order valence-corrected chi connectivity index (χ3v) is 3.77. The molecule has 110 valence electrons. The Morgan fingerprint density at radius 1 is 1.27 bits per heavy atom. The minimum absolute atomic E-state index is 0.754. The van der Waals surface area contributed by atoms with Gasteiger partial charge in [0.25, 0.3) is 0 Å². The third-order valence-electron chi connectivity index (χ3n) is 3.77. The van der Waals surface area contributed by atoms with Crippen LogP contribution in [-0.4, -0.2) is 31.3 Å². The van der Waals surface area contributed by atoms with Gasteiger partial charge >= 0.3 is 0 Å². The fourth-order valence-corrected chi connectivity index (χ4v) is 2.75. The highest BCUT2D eigenvalue weighted by molar-refractivity contribution is 5.83. The van der Waals surface area contributed by atoms with Crippen LogP contribution in [0.3, 0.4) is 0 Å². The minimum atomic E-state index is 0.754. The molecule has 6 heteroatoms. The number of hydrogen-bond acceptors (Lipinski definition) is 4. The summed E-state index contributed by atoms with van der Waals surface area (Å²) in [5.74, 6) is 0. The molecule has 3 heterocycles. The molecule has 0 fully saturated rings. The van der Waals surface area contributed by atoms with E-state index in [0.717, 1.165) is 30.0 Å². The predicted molar refractivity (Wildman–Crippen MR) is 86.0 cm³/mol. The van der Waals surface area contributed by atoms with Crippen molar-refractivity contribution in [1.29, 1.82) is 0 Å². The lowest BCUT2D eigenvalue weighted by Gasteiger charge is -2.07. The molecule has 0 saturated carbocycles. The van der Waals surface area contributed by atoms with Gasteiger partial charge in [0.15, 0.2) is 0 Å². The van der Waals surface area contributed by atoms with E-state index in [1.54, 1.807) is 10.8 Å². The molecule has 0 aliphatic rings. The summed E-state index contributed by atoms with van der Waals surface area (Å²) in [5.41, 5.74) is 5.14. The van der Waals surface area contributed by atoms with Crippen molar-refractivity contribution in [3.05, 3.63) is 54.1 Å². The van der Waals surface area contributed by atoms with Gasteiger partial charge in [-0.3, -0.25) is 0 Å². The average molecular weight is 292 g/mol. The van der Waals surface area contributed by atoms with E-state index in [1.165, 1.54) is 16.5 Å². The smallest absolute Gasteiger partial charge is 0.200 e. The van der Waals surface area contributed by atoms with E-state index in [0.29, 0.717) is 0 Å². The first kappa shape index (κ1) is 12.8. The molecule has 0 unspecified atom stereocenters. The number of hydrogen-bond donors (Lipinski definition) is 2. The maximum absolute atomic E-state index is 4.34. The van der Waals surface area contributed by atoms with Crippen LogP contribution in [0.1, 0.15) is 11.3 Å². The summed E-state index contributed by atoms with van der Waals surface area (Å²) in [6, 6.07) is 10.4. The second kappa shape index (κ2) is 5.14. The Morgan fingerprint density at radius 2 is 2.18 bits per heavy atom. The number of nitrogens with zero attached hydrogens (tertiary/aromatic N) is 4. The SMILES string of the molecule is Cc1cc(NCCc2c[nH]c3ccccc23)c2nncn2n1. The van der Waals surface area contributed by atoms with Gasteiger partial charge in [-0.25, -0.2) is 0 Å². The van der Waals surface area contributed by atoms with Crippen molar-refractivity contribution in [2.24, 2.45) is 0 Å². The van der Waals surface area contributed by atoms with Crippen LogP contribution in [0, 0.1) is 6.92 Å². The van der Waals surface area contributed by atoms with E-state index in [9.17, 15) is 0 Å². The number of aromatic amines is 1. The van der Waals surface area contributed by atoms with Crippen LogP contribution in [-0.2, 0) is 6.42 Å². The fourth-order valence-electron chi connectivity index (χ4n) is 2.75. The van der Waals surface area contributed by atoms with E-state index in [-0.39, 0.29) is 0 Å². The number of aromatic nitrogens is 5. The zero-order valence-electron chi connectivity index (χ0n) is 12.2. The highest BCUT2D eigenvalue weighted by Gasteiger charge is 2.07. The van der Waals surface area contributed by atoms with E-state index in [2.05, 4.69) is 50.0 Å². The van der Waals surface area contributed by atoms with Crippen molar-refractivity contribution in [2.75, 3.05) is 11.9 Å². The van der Waals surface area contributed by atoms with Gasteiger partial charge in [0.1, 0.15) is 6.33 Å². The number of anilines is 1. The quantitative estimate of drug-likeness (QED) is 0.606. The third kappa shape index (κ3) is 2.18. The monoisotopic (exact) mass is 292 g/mol. The number of H-pyrrole nitrogens is 1. The number of para-hydroxylation sites is 1. The highest BCUT2D eigenvalue weighted by Crippen LogP contribution is 2.19. The van der Waals surface area contributed by atoms with Gasteiger partial charge in [0.05, 0.1) is 11.4 Å². The van der Waals surface area contributed by atoms with Crippen molar-refractivity contribution in [3.63, 3.8) is 0 Å². The molecule has 0 saturated heterocycles. The summed E-state index contributed by atoms with van der Waals surface area (Å²) >= 11 is 0. The predicted octanol–water partition coefficient (Wildman–Crippen LogP) is 2.57. The molecule has 22 heavy (non-hydrogen) atoms. The standard InChI is InChI=1S/C16H16N6/c1-11-8-15(16-20-19-10-22(16)21-11)17-7-6-12-9-18-14-5-3-2-4-13(12)14/h2-5,8-10,17-18H,6-7H2,1H3. The van der Waals surface area contributed by atoms with Crippen LogP contribution in [0.4, 0.5) is 5.69 Å². The van der Waals surface area contributed by atoms with Crippen LogP contribution in [0.2, 0.25) is 0 Å². The van der Waals surface area contributed by atoms with Crippen molar-refractivity contribution >= 4 is 22.2 Å². The van der Waals surface area contributed by atoms with Crippen LogP contribution in [0.25, 0.3) is 16.6 Å². The topological polar surface area (TPSA) is 70.9 Å². The molecular formula is C16H16N6. The summed E-state index contributed by atoms with van der Waals surface area (Å²) in [6.07, 6.45) is 4.63. The maximum Gasteiger partial charge on any atom is 0.200 e. The summed E-state index contributed by atoms with van der Waals surface area (Å²) in [5, 5.41) is 17.1. The van der Waals surface area contributed by atoms with E-state index in [1.807, 2.05) is 19.1 Å². The summed E-state index contributed by atoms with van der Waals surface area (Å²) in [7, 11) is 0. The van der Waals surface area contributed by atoms with Crippen molar-refractivity contribution in [3.8, 4) is 0 Å². The lowest BCUT2D eigenvalue weighted by atomic mass is 10.1. The zero-order chi connectivity index (χ0) is 14.9. The normalized spacial score (nSPS) is 11.3. The van der Waals surface area contributed by atoms with Gasteiger partial charge in [-0.1, -0.05) is 18.2 Å². The second-order valence-corrected chi connectivity index (χ2v) is 5.33. The van der Waals surface area contributed by atoms with E-state index < -0.39 is 0 Å². The molecule has 4 rings (SSSR count). The maximum atomic E-state index is 4.34. The van der Waals surface area contributed by atoms with Crippen LogP contribution in [0.15, 0.2) is 42.9 Å². The Kier molecular flexibility index (Phi) is 3.00. The van der Waals surface area contributed by atoms with Gasteiger partial charge in [-0.05, 0) is 31.0 Å². The molecule has 0 amide bonds. The second-order valence-electron chi connectivity index (χ2n) is 5.33. The largest absolute Gasteiger partial charge is 0.382 e. The minimum Gasteiger partial charge on any atom is -0.382 e. The first-order valence-electron chi connectivity index (χ1n) is 7.28. The molecule has 4 aromatic rings. The van der Waals surface area contributed by atoms with Gasteiger partial charge < -0.3 is 10.3 Å². The molecule has 0 radical (unpaired) electrons. The van der Waals surface area contributed by atoms with Gasteiger partial charge in [0, 0.05) is 23.6 Å². The lowest BCUT2D eigenvalue weighted by Crippen LogP contribution is -2.07. The van der Waals surface area contributed by atoms with Crippen LogP contribution >= 0.6 is 0 Å². The molecule has 0 aliphatic carbocycles. The Hall–Kier alpha value is -2.89. The molecule has 2 N–H and O–H groups in total. The Bertz CT molecular complexity index is 936. The number of benzene rings is 1. The van der Waals surface area contributed by atoms with Gasteiger partial charge in [-0.2, -0.15) is 9.61 Å². The van der Waals surface area contributed by atoms with Crippen LogP contribution < -0.4 is 5.32 Å². The van der Waals surface area contributed by atoms with Crippen molar-refractivity contribution in [2.45, 2.75) is 13.3 Å². The van der Waals surface area contributed by atoms with Gasteiger partial charge in [-0.15, -0.1) is 10.2 Å². The molecule has 0 spiro atoms.